The Bertz CT molecular complexity index is 1110. The number of halogens is 1. The molecule has 1 saturated heterocycles. The van der Waals surface area contributed by atoms with Gasteiger partial charge in [-0.3, -0.25) is 9.78 Å². The lowest BCUT2D eigenvalue weighted by molar-refractivity contribution is -0.118. The summed E-state index contributed by atoms with van der Waals surface area (Å²) in [7, 11) is 0. The molecule has 0 radical (unpaired) electrons. The zero-order chi connectivity index (χ0) is 22.1. The molecule has 3 N–H and O–H groups in total. The molecule has 3 heterocycles. The zero-order valence-corrected chi connectivity index (χ0v) is 19.1. The monoisotopic (exact) mass is 453 g/mol. The van der Waals surface area contributed by atoms with Crippen LogP contribution in [0, 0.1) is 12.8 Å². The molecule has 8 heteroatoms. The van der Waals surface area contributed by atoms with Crippen molar-refractivity contribution < 1.29 is 4.79 Å². The number of thiocarbonyl (C=S) groups is 1. The number of benzene rings is 1. The minimum atomic E-state index is -0.136. The molecule has 0 spiro atoms. The highest BCUT2D eigenvalue weighted by molar-refractivity contribution is 7.80. The minimum Gasteiger partial charge on any atom is -0.361 e. The molecule has 1 amide bonds. The number of nitrogens with zero attached hydrogens (tertiary/aromatic N) is 2. The lowest BCUT2D eigenvalue weighted by atomic mass is 10.0. The number of aryl methyl sites for hydroxylation is 1. The molecule has 0 saturated carbocycles. The highest BCUT2D eigenvalue weighted by Crippen LogP contribution is 2.42. The van der Waals surface area contributed by atoms with Crippen LogP contribution in [0.15, 0.2) is 54.7 Å². The van der Waals surface area contributed by atoms with Crippen LogP contribution < -0.4 is 15.5 Å². The maximum atomic E-state index is 12.1. The number of carbonyl (C=O) groups excluding carboxylic acids is 1. The van der Waals surface area contributed by atoms with Gasteiger partial charge in [0.25, 0.3) is 0 Å². The van der Waals surface area contributed by atoms with Gasteiger partial charge in [-0.25, -0.2) is 0 Å². The second-order valence-electron chi connectivity index (χ2n) is 7.90. The van der Waals surface area contributed by atoms with Gasteiger partial charge in [0.2, 0.25) is 5.91 Å². The van der Waals surface area contributed by atoms with Crippen LogP contribution in [0.3, 0.4) is 0 Å². The van der Waals surface area contributed by atoms with Gasteiger partial charge >= 0.3 is 0 Å². The number of anilines is 2. The molecule has 2 aromatic heterocycles. The molecule has 0 aliphatic carbocycles. The Morgan fingerprint density at radius 3 is 2.65 bits per heavy atom. The molecule has 1 aliphatic rings. The Morgan fingerprint density at radius 1 is 1.23 bits per heavy atom. The first-order valence-corrected chi connectivity index (χ1v) is 10.9. The lowest BCUT2D eigenvalue weighted by Gasteiger charge is -2.27. The van der Waals surface area contributed by atoms with Gasteiger partial charge in [0.1, 0.15) is 6.04 Å². The number of nitrogens with one attached hydrogen (secondary N) is 3. The predicted molar refractivity (Wildman–Crippen MR) is 128 cm³/mol. The summed E-state index contributed by atoms with van der Waals surface area (Å²) in [5.41, 5.74) is 4.40. The molecule has 0 unspecified atom stereocenters. The topological polar surface area (TPSA) is 73.1 Å². The molecule has 6 nitrogen and oxygen atoms in total. The number of hydrogen-bond acceptors (Lipinski definition) is 3. The Kier molecular flexibility index (Phi) is 5.98. The number of aromatic amines is 1. The van der Waals surface area contributed by atoms with E-state index in [9.17, 15) is 4.79 Å². The second-order valence-corrected chi connectivity index (χ2v) is 8.70. The summed E-state index contributed by atoms with van der Waals surface area (Å²) in [5, 5.41) is 7.33. The van der Waals surface area contributed by atoms with Gasteiger partial charge in [0, 0.05) is 29.2 Å². The van der Waals surface area contributed by atoms with Crippen molar-refractivity contribution in [1.29, 1.82) is 0 Å². The average molecular weight is 454 g/mol. The third-order valence-corrected chi connectivity index (χ3v) is 5.91. The molecule has 1 aliphatic heterocycles. The van der Waals surface area contributed by atoms with Crippen molar-refractivity contribution >= 4 is 46.2 Å². The summed E-state index contributed by atoms with van der Waals surface area (Å²) in [5.74, 6) is -0.214. The van der Waals surface area contributed by atoms with Gasteiger partial charge in [-0.05, 0) is 61.6 Å². The van der Waals surface area contributed by atoms with E-state index >= 15 is 0 Å². The molecule has 31 heavy (non-hydrogen) atoms. The van der Waals surface area contributed by atoms with E-state index in [-0.39, 0.29) is 23.9 Å². The Morgan fingerprint density at radius 2 is 2.03 bits per heavy atom. The summed E-state index contributed by atoms with van der Waals surface area (Å²) >= 11 is 12.3. The third-order valence-electron chi connectivity index (χ3n) is 5.28. The quantitative estimate of drug-likeness (QED) is 0.466. The molecule has 1 fully saturated rings. The van der Waals surface area contributed by atoms with Crippen molar-refractivity contribution in [3.8, 4) is 0 Å². The fourth-order valence-corrected chi connectivity index (χ4v) is 4.25. The molecular formula is C23H24ClN5OS. The van der Waals surface area contributed by atoms with Gasteiger partial charge in [-0.1, -0.05) is 31.5 Å². The van der Waals surface area contributed by atoms with Crippen LogP contribution in [0.2, 0.25) is 5.02 Å². The van der Waals surface area contributed by atoms with Gasteiger partial charge in [0.15, 0.2) is 5.11 Å². The maximum absolute atomic E-state index is 12.1. The zero-order valence-electron chi connectivity index (χ0n) is 17.5. The van der Waals surface area contributed by atoms with Crippen LogP contribution in [0.5, 0.6) is 0 Å². The number of rotatable bonds is 5. The molecular weight excluding hydrogens is 430 g/mol. The van der Waals surface area contributed by atoms with Gasteiger partial charge < -0.3 is 20.5 Å². The summed E-state index contributed by atoms with van der Waals surface area (Å²) in [6.07, 6.45) is 1.78. The Labute approximate surface area is 192 Å². The highest BCUT2D eigenvalue weighted by Gasteiger charge is 2.41. The summed E-state index contributed by atoms with van der Waals surface area (Å²) in [6.45, 7) is 5.70. The number of pyridine rings is 1. The predicted octanol–water partition coefficient (Wildman–Crippen LogP) is 5.14. The van der Waals surface area contributed by atoms with Crippen molar-refractivity contribution in [2.75, 3.05) is 10.2 Å². The molecule has 2 atom stereocenters. The van der Waals surface area contributed by atoms with Crippen molar-refractivity contribution in [2.24, 2.45) is 5.92 Å². The molecule has 4 rings (SSSR count). The minimum absolute atomic E-state index is 0.0806. The van der Waals surface area contributed by atoms with Crippen molar-refractivity contribution in [3.05, 3.63) is 76.8 Å². The highest BCUT2D eigenvalue weighted by atomic mass is 35.5. The fraction of sp³-hybridized carbons (Fsp3) is 0.261. The van der Waals surface area contributed by atoms with E-state index in [1.165, 1.54) is 0 Å². The van der Waals surface area contributed by atoms with Gasteiger partial charge in [0.05, 0.1) is 22.4 Å². The Hall–Kier alpha value is -2.90. The Balaban J connectivity index is 1.73. The van der Waals surface area contributed by atoms with Gasteiger partial charge in [-0.15, -0.1) is 0 Å². The van der Waals surface area contributed by atoms with Crippen LogP contribution in [0.25, 0.3) is 0 Å². The standard InChI is InChI=1S/C23H24ClN5OS/c1-13(2)22(30)27-17-10-8-15(12-16(17)24)29-21(19-9-7-14(3)26-19)20(28-23(29)31)18-6-4-5-11-25-18/h4-13,20-21,26H,1-3H3,(H,27,30)(H,28,31)/t20-,21-/m0/s1. The molecule has 1 aromatic carbocycles. The number of aromatic nitrogens is 2. The second kappa shape index (κ2) is 8.69. The SMILES string of the molecule is Cc1ccc([C@H]2[C@H](c3ccccn3)NC(=S)N2c2ccc(NC(=O)C(C)C)c(Cl)c2)[nH]1. The van der Waals surface area contributed by atoms with Crippen LogP contribution in [-0.4, -0.2) is 21.0 Å². The lowest BCUT2D eigenvalue weighted by Crippen LogP contribution is -2.29. The van der Waals surface area contributed by atoms with Crippen LogP contribution in [0.1, 0.15) is 43.0 Å². The number of amides is 1. The maximum Gasteiger partial charge on any atom is 0.226 e. The fourth-order valence-electron chi connectivity index (χ4n) is 3.68. The van der Waals surface area contributed by atoms with Crippen LogP contribution in [0.4, 0.5) is 11.4 Å². The molecule has 0 bridgehead atoms. The van der Waals surface area contributed by atoms with E-state index in [0.717, 1.165) is 22.8 Å². The van der Waals surface area contributed by atoms with Crippen LogP contribution >= 0.6 is 23.8 Å². The molecule has 3 aromatic rings. The third kappa shape index (κ3) is 4.29. The largest absolute Gasteiger partial charge is 0.361 e. The smallest absolute Gasteiger partial charge is 0.226 e. The van der Waals surface area contributed by atoms with Crippen LogP contribution in [-0.2, 0) is 4.79 Å². The van der Waals surface area contributed by atoms with E-state index in [2.05, 4.69) is 26.7 Å². The van der Waals surface area contributed by atoms with E-state index in [1.807, 2.05) is 68.1 Å². The van der Waals surface area contributed by atoms with E-state index < -0.39 is 0 Å². The van der Waals surface area contributed by atoms with E-state index in [0.29, 0.717) is 15.8 Å². The normalized spacial score (nSPS) is 18.4. The summed E-state index contributed by atoms with van der Waals surface area (Å²) < 4.78 is 0. The average Bonchev–Trinajstić information content (AvgIpc) is 3.32. The summed E-state index contributed by atoms with van der Waals surface area (Å²) in [4.78, 5) is 22.1. The van der Waals surface area contributed by atoms with Crippen molar-refractivity contribution in [3.63, 3.8) is 0 Å². The van der Waals surface area contributed by atoms with Gasteiger partial charge in [-0.2, -0.15) is 0 Å². The first-order chi connectivity index (χ1) is 14.8. The van der Waals surface area contributed by atoms with Crippen molar-refractivity contribution in [1.82, 2.24) is 15.3 Å². The number of hydrogen-bond donors (Lipinski definition) is 3. The van der Waals surface area contributed by atoms with Crippen molar-refractivity contribution in [2.45, 2.75) is 32.9 Å². The molecule has 160 valence electrons. The van der Waals surface area contributed by atoms with E-state index in [1.54, 1.807) is 6.20 Å². The summed E-state index contributed by atoms with van der Waals surface area (Å²) in [6, 6.07) is 15.3. The van der Waals surface area contributed by atoms with E-state index in [4.69, 9.17) is 23.8 Å². The first kappa shape index (κ1) is 21.3. The number of carbonyl (C=O) groups is 1. The first-order valence-electron chi connectivity index (χ1n) is 10.1. The number of H-pyrrole nitrogens is 1.